The number of ether oxygens (including phenoxy) is 1. The topological polar surface area (TPSA) is 90.1 Å². The standard InChI is InChI=1S/C27H28N4O3/c1-2-3-9-26-29-25(15-12-20-7-5-4-6-8-20)30-31(26)19-21-10-13-22(14-11-21)23-18-28-17-16-24(23)34-27(32)33/h4-8,10-11,13-14,16-18H,2-3,9,12,15,19H2,1H3,(H,32,33). The summed E-state index contributed by atoms with van der Waals surface area (Å²) in [7, 11) is 0. The maximum atomic E-state index is 11.0. The van der Waals surface area contributed by atoms with Crippen LogP contribution in [0.5, 0.6) is 5.75 Å². The summed E-state index contributed by atoms with van der Waals surface area (Å²) in [5, 5.41) is 13.8. The number of unbranched alkanes of at least 4 members (excludes halogenated alkanes) is 1. The van der Waals surface area contributed by atoms with Crippen molar-refractivity contribution in [3.8, 4) is 16.9 Å². The van der Waals surface area contributed by atoms with E-state index in [1.54, 1.807) is 12.3 Å². The van der Waals surface area contributed by atoms with E-state index in [1.807, 2.05) is 35.0 Å². The lowest BCUT2D eigenvalue weighted by molar-refractivity contribution is 0.144. The third-order valence-electron chi connectivity index (χ3n) is 5.60. The predicted octanol–water partition coefficient (Wildman–Crippen LogP) is 5.57. The summed E-state index contributed by atoms with van der Waals surface area (Å²) in [5.74, 6) is 2.15. The maximum Gasteiger partial charge on any atom is 0.511 e. The quantitative estimate of drug-likeness (QED) is 0.314. The van der Waals surface area contributed by atoms with Crippen molar-refractivity contribution in [2.45, 2.75) is 45.6 Å². The van der Waals surface area contributed by atoms with Crippen molar-refractivity contribution in [3.63, 3.8) is 0 Å². The van der Waals surface area contributed by atoms with Crippen LogP contribution in [-0.2, 0) is 25.8 Å². The van der Waals surface area contributed by atoms with Crippen LogP contribution in [0, 0.1) is 0 Å². The molecule has 0 radical (unpaired) electrons. The van der Waals surface area contributed by atoms with E-state index in [1.165, 1.54) is 11.8 Å². The Bertz CT molecular complexity index is 1220. The molecule has 2 aromatic heterocycles. The number of nitrogens with zero attached hydrogens (tertiary/aromatic N) is 4. The lowest BCUT2D eigenvalue weighted by Gasteiger charge is -2.09. The van der Waals surface area contributed by atoms with Crippen LogP contribution in [-0.4, -0.2) is 31.0 Å². The van der Waals surface area contributed by atoms with Crippen molar-refractivity contribution >= 4 is 6.16 Å². The van der Waals surface area contributed by atoms with E-state index in [-0.39, 0.29) is 5.75 Å². The molecule has 0 saturated carbocycles. The highest BCUT2D eigenvalue weighted by Crippen LogP contribution is 2.29. The fourth-order valence-electron chi connectivity index (χ4n) is 3.82. The first kappa shape index (κ1) is 23.2. The summed E-state index contributed by atoms with van der Waals surface area (Å²) >= 11 is 0. The van der Waals surface area contributed by atoms with Gasteiger partial charge in [-0.05, 0) is 29.5 Å². The van der Waals surface area contributed by atoms with Gasteiger partial charge in [0.1, 0.15) is 11.6 Å². The summed E-state index contributed by atoms with van der Waals surface area (Å²) in [6, 6.07) is 19.9. The largest absolute Gasteiger partial charge is 0.511 e. The molecule has 0 fully saturated rings. The Balaban J connectivity index is 1.50. The number of rotatable bonds is 10. The Kier molecular flexibility index (Phi) is 7.65. The molecule has 34 heavy (non-hydrogen) atoms. The maximum absolute atomic E-state index is 11.0. The molecule has 0 saturated heterocycles. The predicted molar refractivity (Wildman–Crippen MR) is 130 cm³/mol. The number of carbonyl (C=O) groups is 1. The molecule has 0 unspecified atom stereocenters. The van der Waals surface area contributed by atoms with Gasteiger partial charge in [0.25, 0.3) is 0 Å². The van der Waals surface area contributed by atoms with Crippen LogP contribution in [0.2, 0.25) is 0 Å². The molecule has 2 heterocycles. The molecule has 7 heteroatoms. The van der Waals surface area contributed by atoms with Gasteiger partial charge in [-0.1, -0.05) is 67.9 Å². The van der Waals surface area contributed by atoms with Gasteiger partial charge in [-0.2, -0.15) is 5.10 Å². The van der Waals surface area contributed by atoms with Crippen LogP contribution in [0.15, 0.2) is 73.1 Å². The highest BCUT2D eigenvalue weighted by atomic mass is 16.7. The molecule has 4 aromatic rings. The van der Waals surface area contributed by atoms with Gasteiger partial charge in [-0.3, -0.25) is 4.98 Å². The molecule has 1 N–H and O–H groups in total. The van der Waals surface area contributed by atoms with E-state index >= 15 is 0 Å². The third-order valence-corrected chi connectivity index (χ3v) is 5.60. The first-order valence-electron chi connectivity index (χ1n) is 11.5. The van der Waals surface area contributed by atoms with Crippen molar-refractivity contribution in [3.05, 3.63) is 95.8 Å². The molecular formula is C27H28N4O3. The molecule has 0 aliphatic carbocycles. The molecule has 0 spiro atoms. The molecule has 0 amide bonds. The van der Waals surface area contributed by atoms with Gasteiger partial charge in [-0.25, -0.2) is 14.5 Å². The summed E-state index contributed by atoms with van der Waals surface area (Å²) in [5.41, 5.74) is 3.84. The normalized spacial score (nSPS) is 10.9. The average Bonchev–Trinajstić information content (AvgIpc) is 3.24. The average molecular weight is 457 g/mol. The number of hydrogen-bond acceptors (Lipinski definition) is 5. The Morgan fingerprint density at radius 1 is 0.971 bits per heavy atom. The number of aromatic nitrogens is 4. The Morgan fingerprint density at radius 3 is 2.50 bits per heavy atom. The summed E-state index contributed by atoms with van der Waals surface area (Å²) in [6.45, 7) is 2.81. The van der Waals surface area contributed by atoms with Gasteiger partial charge in [0.15, 0.2) is 5.82 Å². The van der Waals surface area contributed by atoms with Gasteiger partial charge < -0.3 is 9.84 Å². The second-order valence-electron chi connectivity index (χ2n) is 8.13. The summed E-state index contributed by atoms with van der Waals surface area (Å²) in [4.78, 5) is 19.9. The molecule has 174 valence electrons. The van der Waals surface area contributed by atoms with E-state index < -0.39 is 6.16 Å². The molecule has 0 aliphatic rings. The Hall–Kier alpha value is -4.00. The summed E-state index contributed by atoms with van der Waals surface area (Å²) in [6.07, 6.45) is 6.56. The molecule has 0 bridgehead atoms. The van der Waals surface area contributed by atoms with Gasteiger partial charge in [0, 0.05) is 36.9 Å². The van der Waals surface area contributed by atoms with Crippen molar-refractivity contribution < 1.29 is 14.6 Å². The van der Waals surface area contributed by atoms with Crippen LogP contribution >= 0.6 is 0 Å². The van der Waals surface area contributed by atoms with E-state index in [4.69, 9.17) is 19.9 Å². The van der Waals surface area contributed by atoms with Gasteiger partial charge in [0.05, 0.1) is 6.54 Å². The van der Waals surface area contributed by atoms with E-state index in [0.29, 0.717) is 12.1 Å². The Morgan fingerprint density at radius 2 is 1.76 bits per heavy atom. The highest BCUT2D eigenvalue weighted by Gasteiger charge is 2.13. The van der Waals surface area contributed by atoms with Crippen LogP contribution in [0.4, 0.5) is 4.79 Å². The number of aryl methyl sites for hydroxylation is 3. The zero-order valence-electron chi connectivity index (χ0n) is 19.2. The van der Waals surface area contributed by atoms with E-state index in [9.17, 15) is 4.79 Å². The van der Waals surface area contributed by atoms with Crippen molar-refractivity contribution in [1.82, 2.24) is 19.7 Å². The van der Waals surface area contributed by atoms with Gasteiger partial charge in [0.2, 0.25) is 0 Å². The number of carboxylic acid groups (broad SMARTS) is 1. The van der Waals surface area contributed by atoms with Crippen LogP contribution in [0.25, 0.3) is 11.1 Å². The second-order valence-corrected chi connectivity index (χ2v) is 8.13. The van der Waals surface area contributed by atoms with Gasteiger partial charge in [-0.15, -0.1) is 0 Å². The Labute approximate surface area is 199 Å². The van der Waals surface area contributed by atoms with Gasteiger partial charge >= 0.3 is 6.16 Å². The number of pyridine rings is 1. The molecule has 0 atom stereocenters. The molecule has 7 nitrogen and oxygen atoms in total. The smallest absolute Gasteiger partial charge is 0.449 e. The summed E-state index contributed by atoms with van der Waals surface area (Å²) < 4.78 is 6.90. The van der Waals surface area contributed by atoms with E-state index in [2.05, 4.69) is 36.2 Å². The lowest BCUT2D eigenvalue weighted by atomic mass is 10.0. The van der Waals surface area contributed by atoms with Crippen LogP contribution < -0.4 is 4.74 Å². The minimum atomic E-state index is -1.35. The minimum absolute atomic E-state index is 0.261. The van der Waals surface area contributed by atoms with Crippen molar-refractivity contribution in [2.24, 2.45) is 0 Å². The number of hydrogen-bond donors (Lipinski definition) is 1. The molecule has 4 rings (SSSR count). The molecule has 0 aliphatic heterocycles. The first-order valence-corrected chi connectivity index (χ1v) is 11.5. The lowest BCUT2D eigenvalue weighted by Crippen LogP contribution is -2.07. The van der Waals surface area contributed by atoms with Crippen LogP contribution in [0.3, 0.4) is 0 Å². The SMILES string of the molecule is CCCCc1nc(CCc2ccccc2)nn1Cc1ccc(-c2cnccc2OC(=O)O)cc1. The second kappa shape index (κ2) is 11.2. The fraction of sp³-hybridized carbons (Fsp3) is 0.259. The highest BCUT2D eigenvalue weighted by molar-refractivity contribution is 5.73. The van der Waals surface area contributed by atoms with Crippen molar-refractivity contribution in [2.75, 3.05) is 0 Å². The van der Waals surface area contributed by atoms with Crippen LogP contribution in [0.1, 0.15) is 42.5 Å². The van der Waals surface area contributed by atoms with E-state index in [0.717, 1.165) is 54.9 Å². The molecular weight excluding hydrogens is 428 g/mol. The number of benzene rings is 2. The minimum Gasteiger partial charge on any atom is -0.449 e. The monoisotopic (exact) mass is 456 g/mol. The van der Waals surface area contributed by atoms with Crippen molar-refractivity contribution in [1.29, 1.82) is 0 Å². The third kappa shape index (κ3) is 6.07. The fourth-order valence-corrected chi connectivity index (χ4v) is 3.82. The zero-order valence-corrected chi connectivity index (χ0v) is 19.2. The molecule has 2 aromatic carbocycles. The zero-order chi connectivity index (χ0) is 23.8. The first-order chi connectivity index (χ1) is 16.6.